The van der Waals surface area contributed by atoms with Crippen LogP contribution in [0.15, 0.2) is 0 Å². The van der Waals surface area contributed by atoms with Crippen molar-refractivity contribution in [3.8, 4) is 0 Å². The molecule has 4 rings (SSSR count). The predicted molar refractivity (Wildman–Crippen MR) is 114 cm³/mol. The summed E-state index contributed by atoms with van der Waals surface area (Å²) in [5.41, 5.74) is 6.78. The minimum atomic E-state index is -0.255. The van der Waals surface area contributed by atoms with E-state index >= 15 is 0 Å². The van der Waals surface area contributed by atoms with E-state index in [1.54, 1.807) is 11.3 Å². The molecule has 28 heavy (non-hydrogen) atoms. The fourth-order valence-electron chi connectivity index (χ4n) is 4.21. The first-order valence-electron chi connectivity index (χ1n) is 10.2. The maximum Gasteiger partial charge on any atom is 0.234 e. The van der Waals surface area contributed by atoms with Gasteiger partial charge in [-0.2, -0.15) is 0 Å². The number of carbonyl (C=O) groups is 1. The van der Waals surface area contributed by atoms with E-state index in [2.05, 4.69) is 28.5 Å². The molecule has 0 bridgehead atoms. The summed E-state index contributed by atoms with van der Waals surface area (Å²) in [6.45, 7) is 12.7. The maximum atomic E-state index is 11.5. The highest BCUT2D eigenvalue weighted by molar-refractivity contribution is 7.18. The average molecular weight is 403 g/mol. The van der Waals surface area contributed by atoms with Gasteiger partial charge in [0.1, 0.15) is 16.5 Å². The molecule has 2 N–H and O–H groups in total. The van der Waals surface area contributed by atoms with Gasteiger partial charge in [0, 0.05) is 31.1 Å². The van der Waals surface area contributed by atoms with E-state index in [4.69, 9.17) is 15.7 Å². The van der Waals surface area contributed by atoms with Crippen LogP contribution in [0.2, 0.25) is 0 Å². The Morgan fingerprint density at radius 1 is 1.11 bits per heavy atom. The molecular weight excluding hydrogens is 372 g/mol. The summed E-state index contributed by atoms with van der Waals surface area (Å²) >= 11 is 1.77. The number of nitrogens with zero attached hydrogens (tertiary/aromatic N) is 5. The monoisotopic (exact) mass is 402 g/mol. The molecule has 0 aliphatic carbocycles. The van der Waals surface area contributed by atoms with Crippen molar-refractivity contribution in [3.63, 3.8) is 0 Å². The quantitative estimate of drug-likeness (QED) is 0.823. The van der Waals surface area contributed by atoms with Gasteiger partial charge in [-0.25, -0.2) is 9.97 Å². The number of fused-ring (bicyclic) bond motifs is 1. The molecule has 0 aromatic carbocycles. The van der Waals surface area contributed by atoms with E-state index < -0.39 is 0 Å². The number of amides is 1. The summed E-state index contributed by atoms with van der Waals surface area (Å²) in [6.07, 6.45) is 2.54. The summed E-state index contributed by atoms with van der Waals surface area (Å²) in [6, 6.07) is -0.219. The Bertz CT molecular complexity index is 867. The lowest BCUT2D eigenvalue weighted by molar-refractivity contribution is -0.122. The molecule has 1 amide bonds. The number of hydrogen-bond acceptors (Lipinski definition) is 7. The number of anilines is 1. The Labute approximate surface area is 170 Å². The molecule has 2 fully saturated rings. The van der Waals surface area contributed by atoms with Gasteiger partial charge in [0.2, 0.25) is 5.91 Å². The van der Waals surface area contributed by atoms with Gasteiger partial charge in [-0.3, -0.25) is 14.6 Å². The van der Waals surface area contributed by atoms with Crippen molar-refractivity contribution >= 4 is 33.3 Å². The first-order chi connectivity index (χ1) is 13.4. The summed E-state index contributed by atoms with van der Waals surface area (Å²) in [4.78, 5) is 30.9. The van der Waals surface area contributed by atoms with E-state index in [1.807, 2.05) is 6.92 Å². The number of aromatic nitrogens is 2. The third-order valence-corrected chi connectivity index (χ3v) is 7.29. The molecule has 2 aliphatic rings. The van der Waals surface area contributed by atoms with Gasteiger partial charge in [-0.15, -0.1) is 11.3 Å². The SMILES string of the molecule is Cc1sc2nc(CN3CCCC3)nc(N3CCN(C(C)C(N)=O)CC3)c2c1C. The zero-order valence-electron chi connectivity index (χ0n) is 17.1. The zero-order chi connectivity index (χ0) is 19.8. The lowest BCUT2D eigenvalue weighted by atomic mass is 10.1. The highest BCUT2D eigenvalue weighted by Crippen LogP contribution is 2.35. The van der Waals surface area contributed by atoms with Gasteiger partial charge in [-0.1, -0.05) is 0 Å². The van der Waals surface area contributed by atoms with Crippen molar-refractivity contribution < 1.29 is 4.79 Å². The van der Waals surface area contributed by atoms with Crippen molar-refractivity contribution in [1.29, 1.82) is 0 Å². The molecular formula is C20H30N6OS. The topological polar surface area (TPSA) is 78.6 Å². The minimum Gasteiger partial charge on any atom is -0.368 e. The number of piperazine rings is 1. The molecule has 1 atom stereocenters. The first-order valence-corrected chi connectivity index (χ1v) is 11.0. The van der Waals surface area contributed by atoms with Crippen molar-refractivity contribution in [2.75, 3.05) is 44.2 Å². The predicted octanol–water partition coefficient (Wildman–Crippen LogP) is 1.90. The van der Waals surface area contributed by atoms with Crippen LogP contribution in [0.25, 0.3) is 10.2 Å². The maximum absolute atomic E-state index is 11.5. The Balaban J connectivity index is 1.62. The number of thiophene rings is 1. The lowest BCUT2D eigenvalue weighted by Gasteiger charge is -2.37. The third-order valence-electron chi connectivity index (χ3n) is 6.19. The fourth-order valence-corrected chi connectivity index (χ4v) is 5.26. The molecule has 0 radical (unpaired) electrons. The Morgan fingerprint density at radius 2 is 1.79 bits per heavy atom. The van der Waals surface area contributed by atoms with Crippen LogP contribution < -0.4 is 10.6 Å². The molecule has 7 nitrogen and oxygen atoms in total. The van der Waals surface area contributed by atoms with Crippen molar-refractivity contribution in [2.45, 2.75) is 46.2 Å². The molecule has 0 spiro atoms. The van der Waals surface area contributed by atoms with Crippen molar-refractivity contribution in [2.24, 2.45) is 5.73 Å². The van der Waals surface area contributed by atoms with Gasteiger partial charge in [-0.05, 0) is 52.3 Å². The van der Waals surface area contributed by atoms with Crippen molar-refractivity contribution in [3.05, 3.63) is 16.3 Å². The van der Waals surface area contributed by atoms with Crippen LogP contribution in [0, 0.1) is 13.8 Å². The van der Waals surface area contributed by atoms with Crippen LogP contribution in [-0.4, -0.2) is 71.0 Å². The molecule has 4 heterocycles. The number of carbonyl (C=O) groups excluding carboxylic acids is 1. The van der Waals surface area contributed by atoms with E-state index in [0.717, 1.165) is 62.3 Å². The fraction of sp³-hybridized carbons (Fsp3) is 0.650. The van der Waals surface area contributed by atoms with Gasteiger partial charge in [0.15, 0.2) is 0 Å². The molecule has 2 aromatic rings. The Kier molecular flexibility index (Phi) is 5.53. The molecule has 0 saturated carbocycles. The van der Waals surface area contributed by atoms with E-state index in [1.165, 1.54) is 28.7 Å². The molecule has 2 saturated heterocycles. The van der Waals surface area contributed by atoms with Crippen LogP contribution in [0.4, 0.5) is 5.82 Å². The zero-order valence-corrected chi connectivity index (χ0v) is 17.9. The highest BCUT2D eigenvalue weighted by Gasteiger charge is 2.27. The van der Waals surface area contributed by atoms with Crippen LogP contribution in [-0.2, 0) is 11.3 Å². The minimum absolute atomic E-state index is 0.219. The third kappa shape index (κ3) is 3.73. The van der Waals surface area contributed by atoms with E-state index in [-0.39, 0.29) is 11.9 Å². The molecule has 2 aliphatic heterocycles. The number of aryl methyl sites for hydroxylation is 2. The largest absolute Gasteiger partial charge is 0.368 e. The lowest BCUT2D eigenvalue weighted by Crippen LogP contribution is -2.53. The van der Waals surface area contributed by atoms with E-state index in [9.17, 15) is 4.79 Å². The van der Waals surface area contributed by atoms with Crippen molar-refractivity contribution in [1.82, 2.24) is 19.8 Å². The smallest absolute Gasteiger partial charge is 0.234 e. The second kappa shape index (κ2) is 7.93. The van der Waals surface area contributed by atoms with Gasteiger partial charge < -0.3 is 10.6 Å². The van der Waals surface area contributed by atoms with Crippen LogP contribution in [0.3, 0.4) is 0 Å². The molecule has 152 valence electrons. The van der Waals surface area contributed by atoms with Gasteiger partial charge >= 0.3 is 0 Å². The molecule has 8 heteroatoms. The molecule has 1 unspecified atom stereocenters. The highest BCUT2D eigenvalue weighted by atomic mass is 32.1. The van der Waals surface area contributed by atoms with Gasteiger partial charge in [0.05, 0.1) is 18.0 Å². The Morgan fingerprint density at radius 3 is 2.43 bits per heavy atom. The summed E-state index contributed by atoms with van der Waals surface area (Å²) in [5, 5.41) is 1.20. The summed E-state index contributed by atoms with van der Waals surface area (Å²) in [7, 11) is 0. The number of hydrogen-bond donors (Lipinski definition) is 1. The number of nitrogens with two attached hydrogens (primary N) is 1. The van der Waals surface area contributed by atoms with E-state index in [0.29, 0.717) is 0 Å². The number of rotatable bonds is 5. The summed E-state index contributed by atoms with van der Waals surface area (Å²) in [5.74, 6) is 1.74. The summed E-state index contributed by atoms with van der Waals surface area (Å²) < 4.78 is 0. The number of primary amides is 1. The van der Waals surface area contributed by atoms with Crippen LogP contribution in [0.1, 0.15) is 36.0 Å². The second-order valence-electron chi connectivity index (χ2n) is 8.01. The van der Waals surface area contributed by atoms with Gasteiger partial charge in [0.25, 0.3) is 0 Å². The molecule has 2 aromatic heterocycles. The number of likely N-dealkylation sites (tertiary alicyclic amines) is 1. The van der Waals surface area contributed by atoms with Crippen LogP contribution in [0.5, 0.6) is 0 Å². The first kappa shape index (κ1) is 19.5. The standard InChI is InChI=1S/C20H30N6OS/c1-13-15(3)28-20-17(13)19(22-16(23-20)12-24-6-4-5-7-24)26-10-8-25(9-11-26)14(2)18(21)27/h14H,4-12H2,1-3H3,(H2,21,27). The Hall–Kier alpha value is -1.77. The van der Waals surface area contributed by atoms with Crippen LogP contribution >= 0.6 is 11.3 Å². The average Bonchev–Trinajstić information content (AvgIpc) is 3.29. The normalized spacial score (nSPS) is 20.2. The second-order valence-corrected chi connectivity index (χ2v) is 9.21.